The van der Waals surface area contributed by atoms with E-state index in [2.05, 4.69) is 10.2 Å². The van der Waals surface area contributed by atoms with Gasteiger partial charge in [0.1, 0.15) is 5.82 Å². The second kappa shape index (κ2) is 3.55. The van der Waals surface area contributed by atoms with E-state index < -0.39 is 0 Å². The molecule has 0 atom stereocenters. The third-order valence-corrected chi connectivity index (χ3v) is 1.81. The lowest BCUT2D eigenvalue weighted by atomic mass is 10.3. The zero-order chi connectivity index (χ0) is 9.97. The van der Waals surface area contributed by atoms with Crippen molar-refractivity contribution in [3.05, 3.63) is 42.0 Å². The largest absolute Gasteiger partial charge is 0.325 e. The van der Waals surface area contributed by atoms with Crippen LogP contribution in [0.1, 0.15) is 5.69 Å². The van der Waals surface area contributed by atoms with Crippen LogP contribution in [0.2, 0.25) is 0 Å². The van der Waals surface area contributed by atoms with Gasteiger partial charge in [-0.1, -0.05) is 0 Å². The van der Waals surface area contributed by atoms with Crippen LogP contribution in [0, 0.1) is 5.82 Å². The van der Waals surface area contributed by atoms with Crippen LogP contribution in [0.15, 0.2) is 30.5 Å². The van der Waals surface area contributed by atoms with E-state index in [1.807, 2.05) is 0 Å². The SMILES string of the molecule is NCc1cnn(-c2ccc(F)cc2)n1. The minimum Gasteiger partial charge on any atom is -0.325 e. The molecule has 0 bridgehead atoms. The fourth-order valence-corrected chi connectivity index (χ4v) is 1.09. The van der Waals surface area contributed by atoms with Gasteiger partial charge >= 0.3 is 0 Å². The Kier molecular flexibility index (Phi) is 2.24. The lowest BCUT2D eigenvalue weighted by Crippen LogP contribution is -2.01. The zero-order valence-electron chi connectivity index (χ0n) is 7.39. The molecular weight excluding hydrogens is 183 g/mol. The van der Waals surface area contributed by atoms with Crippen LogP contribution >= 0.6 is 0 Å². The normalized spacial score (nSPS) is 10.4. The van der Waals surface area contributed by atoms with Crippen molar-refractivity contribution >= 4 is 0 Å². The molecule has 5 heteroatoms. The highest BCUT2D eigenvalue weighted by molar-refractivity contribution is 5.29. The van der Waals surface area contributed by atoms with Gasteiger partial charge in [0, 0.05) is 6.54 Å². The van der Waals surface area contributed by atoms with Gasteiger partial charge in [0.25, 0.3) is 0 Å². The Labute approximate surface area is 80.2 Å². The van der Waals surface area contributed by atoms with Gasteiger partial charge in [-0.05, 0) is 24.3 Å². The second-order valence-corrected chi connectivity index (χ2v) is 2.81. The van der Waals surface area contributed by atoms with Gasteiger partial charge in [-0.25, -0.2) is 4.39 Å². The van der Waals surface area contributed by atoms with Gasteiger partial charge in [-0.15, -0.1) is 0 Å². The van der Waals surface area contributed by atoms with E-state index in [4.69, 9.17) is 5.73 Å². The lowest BCUT2D eigenvalue weighted by molar-refractivity contribution is 0.625. The van der Waals surface area contributed by atoms with Crippen molar-refractivity contribution in [3.8, 4) is 5.69 Å². The van der Waals surface area contributed by atoms with Crippen LogP contribution in [0.25, 0.3) is 5.69 Å². The molecule has 0 spiro atoms. The Bertz CT molecular complexity index is 421. The first kappa shape index (κ1) is 8.83. The number of hydrogen-bond donors (Lipinski definition) is 1. The summed E-state index contributed by atoms with van der Waals surface area (Å²) in [4.78, 5) is 1.42. The highest BCUT2D eigenvalue weighted by Gasteiger charge is 2.00. The highest BCUT2D eigenvalue weighted by Crippen LogP contribution is 2.06. The first-order chi connectivity index (χ1) is 6.79. The molecule has 2 N–H and O–H groups in total. The molecule has 0 aliphatic heterocycles. The molecule has 0 saturated heterocycles. The number of benzene rings is 1. The molecule has 2 aromatic rings. The quantitative estimate of drug-likeness (QED) is 0.767. The van der Waals surface area contributed by atoms with E-state index in [1.54, 1.807) is 18.3 Å². The van der Waals surface area contributed by atoms with Crippen LogP contribution < -0.4 is 5.73 Å². The van der Waals surface area contributed by atoms with Crippen LogP contribution in [0.5, 0.6) is 0 Å². The maximum absolute atomic E-state index is 12.6. The van der Waals surface area contributed by atoms with Crippen LogP contribution in [0.3, 0.4) is 0 Å². The maximum Gasteiger partial charge on any atom is 0.123 e. The number of aromatic nitrogens is 3. The summed E-state index contributed by atoms with van der Waals surface area (Å²) in [5.41, 5.74) is 6.81. The van der Waals surface area contributed by atoms with Crippen molar-refractivity contribution in [2.24, 2.45) is 5.73 Å². The number of rotatable bonds is 2. The van der Waals surface area contributed by atoms with Crippen LogP contribution in [-0.4, -0.2) is 15.0 Å². The molecule has 0 radical (unpaired) electrons. The van der Waals surface area contributed by atoms with Crippen LogP contribution in [0.4, 0.5) is 4.39 Å². The van der Waals surface area contributed by atoms with Crippen molar-refractivity contribution in [2.75, 3.05) is 0 Å². The first-order valence-corrected chi connectivity index (χ1v) is 4.17. The summed E-state index contributed by atoms with van der Waals surface area (Å²) < 4.78 is 12.6. The van der Waals surface area contributed by atoms with Crippen molar-refractivity contribution in [1.29, 1.82) is 0 Å². The monoisotopic (exact) mass is 192 g/mol. The van der Waals surface area contributed by atoms with Gasteiger partial charge in [0.2, 0.25) is 0 Å². The standard InChI is InChI=1S/C9H9FN4/c10-7-1-3-9(4-2-7)14-12-6-8(5-11)13-14/h1-4,6H,5,11H2. The smallest absolute Gasteiger partial charge is 0.123 e. The number of hydrogen-bond acceptors (Lipinski definition) is 3. The molecule has 1 aromatic carbocycles. The summed E-state index contributed by atoms with van der Waals surface area (Å²) >= 11 is 0. The van der Waals surface area contributed by atoms with E-state index in [0.29, 0.717) is 17.9 Å². The van der Waals surface area contributed by atoms with E-state index in [0.717, 1.165) is 0 Å². The summed E-state index contributed by atoms with van der Waals surface area (Å²) in [6, 6.07) is 5.94. The van der Waals surface area contributed by atoms with Crippen molar-refractivity contribution in [2.45, 2.75) is 6.54 Å². The van der Waals surface area contributed by atoms with E-state index in [9.17, 15) is 4.39 Å². The molecule has 0 saturated carbocycles. The molecule has 1 aromatic heterocycles. The molecule has 2 rings (SSSR count). The average Bonchev–Trinajstić information content (AvgIpc) is 2.67. The molecule has 0 amide bonds. The van der Waals surface area contributed by atoms with Crippen molar-refractivity contribution < 1.29 is 4.39 Å². The summed E-state index contributed by atoms with van der Waals surface area (Å²) in [5.74, 6) is -0.278. The fourth-order valence-electron chi connectivity index (χ4n) is 1.09. The summed E-state index contributed by atoms with van der Waals surface area (Å²) in [6.07, 6.45) is 1.59. The summed E-state index contributed by atoms with van der Waals surface area (Å²) in [5, 5.41) is 8.08. The summed E-state index contributed by atoms with van der Waals surface area (Å²) in [6.45, 7) is 0.348. The Morgan fingerprint density at radius 1 is 1.29 bits per heavy atom. The number of halogens is 1. The highest BCUT2D eigenvalue weighted by atomic mass is 19.1. The minimum atomic E-state index is -0.278. The molecular formula is C9H9FN4. The molecule has 0 aliphatic carbocycles. The number of nitrogens with two attached hydrogens (primary N) is 1. The molecule has 0 aliphatic rings. The van der Waals surface area contributed by atoms with Crippen LogP contribution in [-0.2, 0) is 6.54 Å². The molecule has 4 nitrogen and oxygen atoms in total. The molecule has 0 unspecified atom stereocenters. The average molecular weight is 192 g/mol. The van der Waals surface area contributed by atoms with Gasteiger partial charge in [-0.2, -0.15) is 15.0 Å². The third kappa shape index (κ3) is 1.62. The minimum absolute atomic E-state index is 0.278. The van der Waals surface area contributed by atoms with Crippen molar-refractivity contribution in [3.63, 3.8) is 0 Å². The predicted molar refractivity (Wildman–Crippen MR) is 49.2 cm³/mol. The van der Waals surface area contributed by atoms with Crippen molar-refractivity contribution in [1.82, 2.24) is 15.0 Å². The Morgan fingerprint density at radius 3 is 2.57 bits per heavy atom. The van der Waals surface area contributed by atoms with E-state index in [-0.39, 0.29) is 5.82 Å². The van der Waals surface area contributed by atoms with E-state index in [1.165, 1.54) is 16.9 Å². The Hall–Kier alpha value is -1.75. The van der Waals surface area contributed by atoms with Gasteiger partial charge < -0.3 is 5.73 Å². The Morgan fingerprint density at radius 2 is 2.00 bits per heavy atom. The second-order valence-electron chi connectivity index (χ2n) is 2.81. The van der Waals surface area contributed by atoms with Gasteiger partial charge in [0.05, 0.1) is 17.6 Å². The zero-order valence-corrected chi connectivity index (χ0v) is 7.39. The third-order valence-electron chi connectivity index (χ3n) is 1.81. The molecule has 14 heavy (non-hydrogen) atoms. The topological polar surface area (TPSA) is 56.7 Å². The Balaban J connectivity index is 2.34. The maximum atomic E-state index is 12.6. The van der Waals surface area contributed by atoms with Gasteiger partial charge in [0.15, 0.2) is 0 Å². The molecule has 1 heterocycles. The van der Waals surface area contributed by atoms with E-state index >= 15 is 0 Å². The molecule has 0 fully saturated rings. The van der Waals surface area contributed by atoms with Gasteiger partial charge in [-0.3, -0.25) is 0 Å². The summed E-state index contributed by atoms with van der Waals surface area (Å²) in [7, 11) is 0. The lowest BCUT2D eigenvalue weighted by Gasteiger charge is -1.97. The number of nitrogens with zero attached hydrogens (tertiary/aromatic N) is 3. The predicted octanol–water partition coefficient (Wildman–Crippen LogP) is 0.865. The first-order valence-electron chi connectivity index (χ1n) is 4.17. The fraction of sp³-hybridized carbons (Fsp3) is 0.111. The molecule has 72 valence electrons.